The zero-order valence-electron chi connectivity index (χ0n) is 28.3. The summed E-state index contributed by atoms with van der Waals surface area (Å²) in [5.74, 6) is 1.37. The average molecular weight is 583 g/mol. The molecule has 0 aromatic rings. The summed E-state index contributed by atoms with van der Waals surface area (Å²) in [7, 11) is -0.704. The molecule has 3 atom stereocenters. The van der Waals surface area contributed by atoms with Crippen LogP contribution in [-0.4, -0.2) is 156 Å². The minimum Gasteiger partial charge on any atom is -0.301 e. The van der Waals surface area contributed by atoms with Gasteiger partial charge in [-0.25, -0.2) is 0 Å². The molecule has 0 radical (unpaired) electrons. The summed E-state index contributed by atoms with van der Waals surface area (Å²) in [6, 6.07) is 2.80. The molecule has 3 aliphatic heterocycles. The summed E-state index contributed by atoms with van der Waals surface area (Å²) < 4.78 is 2.86. The van der Waals surface area contributed by atoms with Crippen molar-refractivity contribution in [3.05, 3.63) is 0 Å². The molecule has 238 valence electrons. The third-order valence-corrected chi connectivity index (χ3v) is 13.5. The van der Waals surface area contributed by atoms with Crippen molar-refractivity contribution in [2.75, 3.05) is 103 Å². The van der Waals surface area contributed by atoms with Crippen molar-refractivity contribution >= 4 is 10.2 Å². The van der Waals surface area contributed by atoms with Crippen molar-refractivity contribution in [3.8, 4) is 0 Å². The van der Waals surface area contributed by atoms with E-state index >= 15 is 0 Å². The first-order valence-electron chi connectivity index (χ1n) is 17.3. The Morgan fingerprint density at radius 2 is 0.975 bits per heavy atom. The van der Waals surface area contributed by atoms with Crippen LogP contribution in [0.5, 0.6) is 0 Å². The number of piperazine rings is 1. The Labute approximate surface area is 252 Å². The molecular formula is C33H70N6S. The molecule has 3 unspecified atom stereocenters. The molecule has 40 heavy (non-hydrogen) atoms. The first-order chi connectivity index (χ1) is 19.1. The molecule has 0 aliphatic carbocycles. The van der Waals surface area contributed by atoms with Gasteiger partial charge in [-0.2, -0.15) is 10.2 Å². The minimum atomic E-state index is -0.704. The fourth-order valence-electron chi connectivity index (χ4n) is 7.54. The zero-order chi connectivity index (χ0) is 29.1. The summed E-state index contributed by atoms with van der Waals surface area (Å²) in [5.41, 5.74) is 0. The van der Waals surface area contributed by atoms with E-state index in [1.165, 1.54) is 136 Å². The van der Waals surface area contributed by atoms with Gasteiger partial charge in [0.25, 0.3) is 0 Å². The highest BCUT2D eigenvalue weighted by molar-refractivity contribution is 8.30. The highest BCUT2D eigenvalue weighted by Crippen LogP contribution is 2.45. The van der Waals surface area contributed by atoms with Crippen LogP contribution in [0.25, 0.3) is 0 Å². The predicted octanol–water partition coefficient (Wildman–Crippen LogP) is 5.14. The van der Waals surface area contributed by atoms with E-state index < -0.39 is 10.2 Å². The molecule has 3 saturated heterocycles. The zero-order valence-corrected chi connectivity index (χ0v) is 29.1. The molecule has 7 heteroatoms. The van der Waals surface area contributed by atoms with Crippen LogP contribution in [0.15, 0.2) is 0 Å². The molecule has 0 saturated carbocycles. The van der Waals surface area contributed by atoms with Gasteiger partial charge < -0.3 is 9.80 Å². The van der Waals surface area contributed by atoms with Gasteiger partial charge in [0.1, 0.15) is 0 Å². The third-order valence-electron chi connectivity index (χ3n) is 10.4. The minimum absolute atomic E-state index is 0.681. The summed E-state index contributed by atoms with van der Waals surface area (Å²) in [6.07, 6.45) is 14.5. The lowest BCUT2D eigenvalue weighted by Gasteiger charge is -2.50. The van der Waals surface area contributed by atoms with E-state index in [-0.39, 0.29) is 0 Å². The van der Waals surface area contributed by atoms with Crippen molar-refractivity contribution < 1.29 is 0 Å². The van der Waals surface area contributed by atoms with Gasteiger partial charge in [-0.1, -0.05) is 6.92 Å². The van der Waals surface area contributed by atoms with Crippen LogP contribution < -0.4 is 0 Å². The van der Waals surface area contributed by atoms with Gasteiger partial charge in [-0.15, -0.1) is 0 Å². The van der Waals surface area contributed by atoms with Gasteiger partial charge in [-0.3, -0.25) is 19.0 Å². The monoisotopic (exact) mass is 583 g/mol. The van der Waals surface area contributed by atoms with Gasteiger partial charge in [0, 0.05) is 69.2 Å². The van der Waals surface area contributed by atoms with Crippen LogP contribution in [0.4, 0.5) is 0 Å². The SMILES string of the molecule is CCCN1CCN(S(C)(C)CC(C)N2CCCN(C(C)CCC(C)N3CCCCN(C(C)C)CC3)CCC2)CC1. The molecule has 0 aromatic heterocycles. The lowest BCUT2D eigenvalue weighted by molar-refractivity contribution is 0.105. The molecule has 0 aromatic carbocycles. The Morgan fingerprint density at radius 3 is 1.50 bits per heavy atom. The van der Waals surface area contributed by atoms with Crippen LogP contribution in [0.3, 0.4) is 0 Å². The Kier molecular flexibility index (Phi) is 15.1. The lowest BCUT2D eigenvalue weighted by Crippen LogP contribution is -2.50. The van der Waals surface area contributed by atoms with Crippen LogP contribution in [0.2, 0.25) is 0 Å². The predicted molar refractivity (Wildman–Crippen MR) is 180 cm³/mol. The molecule has 0 N–H and O–H groups in total. The Morgan fingerprint density at radius 1 is 0.525 bits per heavy atom. The Bertz CT molecular complexity index is 672. The standard InChI is InChI=1S/C33H70N6S/c1-9-16-34-23-27-39(28-24-34)40(7,8)29-33(6)37-21-12-19-36(20-13-22-37)31(4)14-15-32(5)38-18-11-10-17-35(25-26-38)30(2)3/h30-33H,9-29H2,1-8H3. The summed E-state index contributed by atoms with van der Waals surface area (Å²) in [4.78, 5) is 13.8. The van der Waals surface area contributed by atoms with Gasteiger partial charge in [0.2, 0.25) is 0 Å². The van der Waals surface area contributed by atoms with Crippen molar-refractivity contribution in [2.45, 2.75) is 111 Å². The van der Waals surface area contributed by atoms with Crippen molar-refractivity contribution in [2.24, 2.45) is 0 Å². The molecule has 3 heterocycles. The topological polar surface area (TPSA) is 19.4 Å². The first kappa shape index (κ1) is 34.6. The maximum atomic E-state index is 2.86. The van der Waals surface area contributed by atoms with E-state index in [1.54, 1.807) is 0 Å². The van der Waals surface area contributed by atoms with E-state index in [9.17, 15) is 0 Å². The van der Waals surface area contributed by atoms with E-state index in [1.807, 2.05) is 0 Å². The summed E-state index contributed by atoms with van der Waals surface area (Å²) >= 11 is 0. The smallest absolute Gasteiger partial charge is 0.0202 e. The molecule has 0 bridgehead atoms. The molecule has 3 rings (SSSR count). The molecular weight excluding hydrogens is 512 g/mol. The highest BCUT2D eigenvalue weighted by atomic mass is 32.3. The van der Waals surface area contributed by atoms with Crippen LogP contribution >= 0.6 is 10.2 Å². The fraction of sp³-hybridized carbons (Fsp3) is 1.00. The molecule has 3 aliphatic rings. The summed E-state index contributed by atoms with van der Waals surface area (Å²) in [5, 5.41) is 0. The average Bonchev–Trinajstić information content (AvgIpc) is 2.87. The van der Waals surface area contributed by atoms with Crippen LogP contribution in [0.1, 0.15) is 86.5 Å². The van der Waals surface area contributed by atoms with Gasteiger partial charge in [0.15, 0.2) is 0 Å². The normalized spacial score (nSPS) is 26.1. The van der Waals surface area contributed by atoms with Gasteiger partial charge >= 0.3 is 0 Å². The highest BCUT2D eigenvalue weighted by Gasteiger charge is 2.30. The molecule has 0 spiro atoms. The third kappa shape index (κ3) is 11.0. The number of hydrogen-bond donors (Lipinski definition) is 0. The van der Waals surface area contributed by atoms with E-state index in [2.05, 4.69) is 82.9 Å². The molecule has 0 amide bonds. The van der Waals surface area contributed by atoms with Crippen molar-refractivity contribution in [1.29, 1.82) is 0 Å². The Hall–Kier alpha value is 0.110. The number of nitrogens with zero attached hydrogens (tertiary/aromatic N) is 6. The first-order valence-corrected chi connectivity index (χ1v) is 19.8. The van der Waals surface area contributed by atoms with E-state index in [4.69, 9.17) is 0 Å². The van der Waals surface area contributed by atoms with Crippen LogP contribution in [0, 0.1) is 0 Å². The fourth-order valence-corrected chi connectivity index (χ4v) is 10.3. The summed E-state index contributed by atoms with van der Waals surface area (Å²) in [6.45, 7) is 31.1. The lowest BCUT2D eigenvalue weighted by atomic mass is 10.0. The van der Waals surface area contributed by atoms with Gasteiger partial charge in [0.05, 0.1) is 0 Å². The second-order valence-corrected chi connectivity index (χ2v) is 18.0. The van der Waals surface area contributed by atoms with E-state index in [0.29, 0.717) is 24.2 Å². The number of hydrogen-bond acceptors (Lipinski definition) is 6. The second-order valence-electron chi connectivity index (χ2n) is 14.2. The van der Waals surface area contributed by atoms with Gasteiger partial charge in [-0.05, 0) is 138 Å². The quantitative estimate of drug-likeness (QED) is 0.315. The molecule has 6 nitrogen and oxygen atoms in total. The largest absolute Gasteiger partial charge is 0.301 e. The maximum absolute atomic E-state index is 2.86. The van der Waals surface area contributed by atoms with Crippen molar-refractivity contribution in [3.63, 3.8) is 0 Å². The number of rotatable bonds is 12. The van der Waals surface area contributed by atoms with Crippen molar-refractivity contribution in [1.82, 2.24) is 28.8 Å². The molecule has 3 fully saturated rings. The maximum Gasteiger partial charge on any atom is 0.0202 e. The second kappa shape index (κ2) is 17.4. The van der Waals surface area contributed by atoms with E-state index in [0.717, 1.165) is 0 Å². The Balaban J connectivity index is 1.38. The van der Waals surface area contributed by atoms with Crippen LogP contribution in [-0.2, 0) is 0 Å².